The number of nitrogens with one attached hydrogen (secondary N) is 1. The fourth-order valence-electron chi connectivity index (χ4n) is 3.64. The Morgan fingerprint density at radius 1 is 0.875 bits per heavy atom. The first-order chi connectivity index (χ1) is 19.2. The van der Waals surface area contributed by atoms with Gasteiger partial charge in [-0.15, -0.1) is 11.3 Å². The number of esters is 2. The van der Waals surface area contributed by atoms with Crippen LogP contribution in [0.4, 0.5) is 4.79 Å². The lowest BCUT2D eigenvalue weighted by molar-refractivity contribution is -0.157. The van der Waals surface area contributed by atoms with E-state index in [0.717, 1.165) is 27.3 Å². The predicted octanol–water partition coefficient (Wildman–Crippen LogP) is 6.85. The molecule has 0 fully saturated rings. The van der Waals surface area contributed by atoms with Gasteiger partial charge in [0, 0.05) is 22.6 Å². The molecule has 1 heterocycles. The number of thiophene rings is 1. The van der Waals surface area contributed by atoms with Gasteiger partial charge < -0.3 is 19.5 Å². The molecule has 7 nitrogen and oxygen atoms in total. The first-order valence-corrected chi connectivity index (χ1v) is 14.1. The van der Waals surface area contributed by atoms with Crippen molar-refractivity contribution >= 4 is 35.4 Å². The van der Waals surface area contributed by atoms with Gasteiger partial charge in [-0.3, -0.25) is 4.79 Å². The number of alkyl carbamates (subject to hydrolysis) is 1. The Labute approximate surface area is 240 Å². The zero-order valence-electron chi connectivity index (χ0n) is 23.3. The van der Waals surface area contributed by atoms with Gasteiger partial charge in [-0.25, -0.2) is 9.59 Å². The van der Waals surface area contributed by atoms with Crippen LogP contribution < -0.4 is 5.32 Å². The summed E-state index contributed by atoms with van der Waals surface area (Å²) < 4.78 is 16.2. The van der Waals surface area contributed by atoms with Gasteiger partial charge in [0.25, 0.3) is 0 Å². The highest BCUT2D eigenvalue weighted by atomic mass is 32.1. The summed E-state index contributed by atoms with van der Waals surface area (Å²) in [5.41, 5.74) is 1.13. The summed E-state index contributed by atoms with van der Waals surface area (Å²) in [4.78, 5) is 39.2. The minimum Gasteiger partial charge on any atom is -0.461 e. The van der Waals surface area contributed by atoms with E-state index < -0.39 is 23.7 Å². The van der Waals surface area contributed by atoms with Crippen molar-refractivity contribution in [1.29, 1.82) is 0 Å². The lowest BCUT2D eigenvalue weighted by atomic mass is 10.1. The highest BCUT2D eigenvalue weighted by Crippen LogP contribution is 2.21. The van der Waals surface area contributed by atoms with Crippen molar-refractivity contribution in [2.24, 2.45) is 0 Å². The molecule has 212 valence electrons. The molecule has 1 aromatic heterocycles. The molecule has 1 amide bonds. The first-order valence-electron chi connectivity index (χ1n) is 13.3. The van der Waals surface area contributed by atoms with Crippen molar-refractivity contribution in [3.8, 4) is 0 Å². The minimum absolute atomic E-state index is 0.104. The largest absolute Gasteiger partial charge is 0.461 e. The van der Waals surface area contributed by atoms with Crippen molar-refractivity contribution in [2.45, 2.75) is 71.3 Å². The van der Waals surface area contributed by atoms with E-state index in [-0.39, 0.29) is 25.6 Å². The Bertz CT molecular complexity index is 1250. The fraction of sp³-hybridized carbons (Fsp3) is 0.344. The standard InChI is InChI=1S/C32H37NO6S/c1-32(2,3)39-30(35)28(33-31(36)38-23-25-15-9-5-10-16-25)21-27-20-19-26(40-27)17-11-6-12-18-29(34)37-22-24-13-7-4-8-14-24/h4-5,7-11,13-17,19-20,28H,6,12,18,21-23H2,1-3H3,(H,33,36)/b17-11+/t28-/m0/s1. The van der Waals surface area contributed by atoms with E-state index in [9.17, 15) is 14.4 Å². The number of carbonyl (C=O) groups is 3. The third kappa shape index (κ3) is 11.9. The van der Waals surface area contributed by atoms with Crippen molar-refractivity contribution in [1.82, 2.24) is 5.32 Å². The van der Waals surface area contributed by atoms with E-state index in [1.165, 1.54) is 11.3 Å². The molecule has 0 aliphatic carbocycles. The van der Waals surface area contributed by atoms with Crippen LogP contribution in [-0.4, -0.2) is 29.7 Å². The van der Waals surface area contributed by atoms with E-state index in [1.54, 1.807) is 20.8 Å². The van der Waals surface area contributed by atoms with Crippen LogP contribution >= 0.6 is 11.3 Å². The molecule has 2 aromatic carbocycles. The number of rotatable bonds is 13. The maximum absolute atomic E-state index is 12.9. The van der Waals surface area contributed by atoms with Crippen LogP contribution in [0.3, 0.4) is 0 Å². The summed E-state index contributed by atoms with van der Waals surface area (Å²) >= 11 is 1.53. The molecule has 0 unspecified atom stereocenters. The quantitative estimate of drug-likeness (QED) is 0.139. The summed E-state index contributed by atoms with van der Waals surface area (Å²) in [6.07, 6.45) is 5.40. The number of allylic oxidation sites excluding steroid dienone is 1. The van der Waals surface area contributed by atoms with Gasteiger partial charge in [-0.1, -0.05) is 66.7 Å². The Kier molecular flexibility index (Phi) is 12.0. The summed E-state index contributed by atoms with van der Waals surface area (Å²) in [6, 6.07) is 21.9. The fourth-order valence-corrected chi connectivity index (χ4v) is 4.63. The number of hydrogen-bond donors (Lipinski definition) is 1. The Morgan fingerprint density at radius 2 is 1.50 bits per heavy atom. The van der Waals surface area contributed by atoms with E-state index in [2.05, 4.69) is 5.32 Å². The van der Waals surface area contributed by atoms with Crippen LogP contribution in [0, 0.1) is 0 Å². The first kappa shape index (κ1) is 30.6. The highest BCUT2D eigenvalue weighted by Gasteiger charge is 2.28. The summed E-state index contributed by atoms with van der Waals surface area (Å²) in [6.45, 7) is 5.75. The van der Waals surface area contributed by atoms with Crippen LogP contribution in [0.2, 0.25) is 0 Å². The van der Waals surface area contributed by atoms with Crippen LogP contribution in [0.1, 0.15) is 60.9 Å². The number of amides is 1. The molecule has 3 aromatic rings. The lowest BCUT2D eigenvalue weighted by Crippen LogP contribution is -2.45. The zero-order valence-corrected chi connectivity index (χ0v) is 24.1. The maximum Gasteiger partial charge on any atom is 0.408 e. The normalized spacial score (nSPS) is 12.1. The van der Waals surface area contributed by atoms with Crippen LogP contribution in [0.25, 0.3) is 6.08 Å². The third-order valence-corrected chi connectivity index (χ3v) is 6.63. The summed E-state index contributed by atoms with van der Waals surface area (Å²) in [5, 5.41) is 2.67. The highest BCUT2D eigenvalue weighted by molar-refractivity contribution is 7.12. The number of carbonyl (C=O) groups excluding carboxylic acids is 3. The molecule has 8 heteroatoms. The monoisotopic (exact) mass is 563 g/mol. The van der Waals surface area contributed by atoms with Gasteiger partial charge in [0.15, 0.2) is 0 Å². The molecular formula is C32H37NO6S. The SMILES string of the molecule is CC(C)(C)OC(=O)[C@H](Cc1ccc(/C=C/CCCC(=O)OCc2ccccc2)s1)NC(=O)OCc1ccccc1. The smallest absolute Gasteiger partial charge is 0.408 e. The van der Waals surface area contributed by atoms with Gasteiger partial charge in [-0.05, 0) is 62.9 Å². The molecular weight excluding hydrogens is 526 g/mol. The predicted molar refractivity (Wildman–Crippen MR) is 157 cm³/mol. The second-order valence-corrected chi connectivity index (χ2v) is 11.4. The molecule has 0 saturated heterocycles. The number of unbranched alkanes of at least 4 members (excludes halogenated alkanes) is 1. The van der Waals surface area contributed by atoms with Gasteiger partial charge in [-0.2, -0.15) is 0 Å². The maximum atomic E-state index is 12.9. The second-order valence-electron chi connectivity index (χ2n) is 10.2. The van der Waals surface area contributed by atoms with E-state index in [4.69, 9.17) is 14.2 Å². The lowest BCUT2D eigenvalue weighted by Gasteiger charge is -2.24. The van der Waals surface area contributed by atoms with Gasteiger partial charge in [0.05, 0.1) is 0 Å². The average molecular weight is 564 g/mol. The Hall–Kier alpha value is -3.91. The van der Waals surface area contributed by atoms with Crippen molar-refractivity contribution in [2.75, 3.05) is 0 Å². The van der Waals surface area contributed by atoms with E-state index >= 15 is 0 Å². The average Bonchev–Trinajstić information content (AvgIpc) is 3.37. The number of benzene rings is 2. The Balaban J connectivity index is 1.47. The molecule has 0 radical (unpaired) electrons. The third-order valence-electron chi connectivity index (χ3n) is 5.56. The molecule has 1 N–H and O–H groups in total. The summed E-state index contributed by atoms with van der Waals surface area (Å²) in [7, 11) is 0. The van der Waals surface area contributed by atoms with Crippen LogP contribution in [0.5, 0.6) is 0 Å². The molecule has 0 bridgehead atoms. The van der Waals surface area contributed by atoms with Crippen molar-refractivity contribution in [3.05, 3.63) is 99.8 Å². The molecule has 0 aliphatic heterocycles. The number of hydrogen-bond acceptors (Lipinski definition) is 7. The van der Waals surface area contributed by atoms with E-state index in [0.29, 0.717) is 12.8 Å². The van der Waals surface area contributed by atoms with E-state index in [1.807, 2.05) is 84.9 Å². The summed E-state index contributed by atoms with van der Waals surface area (Å²) in [5.74, 6) is -0.729. The second kappa shape index (κ2) is 15.6. The molecule has 0 saturated carbocycles. The van der Waals surface area contributed by atoms with Crippen molar-refractivity contribution < 1.29 is 28.6 Å². The topological polar surface area (TPSA) is 90.9 Å². The van der Waals surface area contributed by atoms with Crippen molar-refractivity contribution in [3.63, 3.8) is 0 Å². The molecule has 40 heavy (non-hydrogen) atoms. The van der Waals surface area contributed by atoms with Crippen LogP contribution in [-0.2, 0) is 43.4 Å². The number of ether oxygens (including phenoxy) is 3. The minimum atomic E-state index is -0.889. The molecule has 0 aliphatic rings. The van der Waals surface area contributed by atoms with Gasteiger partial charge in [0.2, 0.25) is 0 Å². The molecule has 0 spiro atoms. The van der Waals surface area contributed by atoms with Crippen LogP contribution in [0.15, 0.2) is 78.9 Å². The zero-order chi connectivity index (χ0) is 28.8. The van der Waals surface area contributed by atoms with Gasteiger partial charge in [0.1, 0.15) is 24.9 Å². The molecule has 1 atom stereocenters. The van der Waals surface area contributed by atoms with Gasteiger partial charge >= 0.3 is 18.0 Å². The Morgan fingerprint density at radius 3 is 2.12 bits per heavy atom. The molecule has 3 rings (SSSR count).